The lowest BCUT2D eigenvalue weighted by Crippen LogP contribution is -2.33. The molecule has 0 amide bonds. The van der Waals surface area contributed by atoms with Gasteiger partial charge in [0, 0.05) is 5.02 Å². The molecule has 0 aliphatic heterocycles. The highest BCUT2D eigenvalue weighted by Crippen LogP contribution is 2.37. The van der Waals surface area contributed by atoms with Crippen molar-refractivity contribution < 1.29 is 10.2 Å². The maximum atomic E-state index is 10.4. The summed E-state index contributed by atoms with van der Waals surface area (Å²) in [6, 6.07) is 7.31. The number of rotatable bonds is 1. The summed E-state index contributed by atoms with van der Waals surface area (Å²) < 4.78 is 0. The van der Waals surface area contributed by atoms with Crippen LogP contribution in [0.15, 0.2) is 24.3 Å². The Hall–Kier alpha value is -0.570. The molecule has 0 saturated heterocycles. The van der Waals surface area contributed by atoms with Crippen LogP contribution in [0.3, 0.4) is 0 Å². The number of benzene rings is 1. The highest BCUT2D eigenvalue weighted by Gasteiger charge is 2.33. The zero-order valence-corrected chi connectivity index (χ0v) is 9.24. The van der Waals surface area contributed by atoms with E-state index in [9.17, 15) is 10.2 Å². The molecule has 0 unspecified atom stereocenters. The Bertz CT molecular complexity index is 326. The average molecular weight is 227 g/mol. The Morgan fingerprint density at radius 3 is 2.20 bits per heavy atom. The summed E-state index contributed by atoms with van der Waals surface area (Å²) in [4.78, 5) is 0. The van der Waals surface area contributed by atoms with Crippen molar-refractivity contribution in [3.8, 4) is 0 Å². The molecule has 0 spiro atoms. The average Bonchev–Trinajstić information content (AvgIpc) is 2.24. The summed E-state index contributed by atoms with van der Waals surface area (Å²) in [7, 11) is 0. The second-order valence-corrected chi connectivity index (χ2v) is 4.71. The largest absolute Gasteiger partial charge is 0.393 e. The summed E-state index contributed by atoms with van der Waals surface area (Å²) >= 11 is 5.80. The third-order valence-electron chi connectivity index (χ3n) is 3.16. The molecule has 1 aliphatic rings. The van der Waals surface area contributed by atoms with Gasteiger partial charge in [-0.15, -0.1) is 0 Å². The number of aliphatic hydroxyl groups is 2. The molecule has 2 rings (SSSR count). The zero-order valence-electron chi connectivity index (χ0n) is 8.49. The molecule has 1 aromatic rings. The van der Waals surface area contributed by atoms with Gasteiger partial charge in [0.25, 0.3) is 0 Å². The summed E-state index contributed by atoms with van der Waals surface area (Å²) in [5.74, 6) is 0. The molecule has 0 radical (unpaired) electrons. The van der Waals surface area contributed by atoms with E-state index < -0.39 is 5.60 Å². The molecule has 1 aromatic carbocycles. The van der Waals surface area contributed by atoms with Crippen molar-refractivity contribution in [3.63, 3.8) is 0 Å². The molecule has 0 bridgehead atoms. The minimum Gasteiger partial charge on any atom is -0.393 e. The maximum absolute atomic E-state index is 10.4. The fourth-order valence-corrected chi connectivity index (χ4v) is 2.25. The van der Waals surface area contributed by atoms with Crippen LogP contribution < -0.4 is 0 Å². The van der Waals surface area contributed by atoms with Gasteiger partial charge in [-0.3, -0.25) is 0 Å². The van der Waals surface area contributed by atoms with E-state index in [0.717, 1.165) is 5.56 Å². The van der Waals surface area contributed by atoms with Gasteiger partial charge in [0.1, 0.15) is 0 Å². The van der Waals surface area contributed by atoms with Crippen LogP contribution in [0.5, 0.6) is 0 Å². The van der Waals surface area contributed by atoms with Gasteiger partial charge in [-0.1, -0.05) is 23.7 Å². The van der Waals surface area contributed by atoms with Gasteiger partial charge in [0.15, 0.2) is 0 Å². The second-order valence-electron chi connectivity index (χ2n) is 4.27. The van der Waals surface area contributed by atoms with Crippen molar-refractivity contribution in [1.82, 2.24) is 0 Å². The van der Waals surface area contributed by atoms with Gasteiger partial charge in [0.05, 0.1) is 11.7 Å². The minimum atomic E-state index is -0.774. The first-order valence-electron chi connectivity index (χ1n) is 5.27. The Morgan fingerprint density at radius 1 is 1.13 bits per heavy atom. The van der Waals surface area contributed by atoms with Crippen LogP contribution in [0, 0.1) is 0 Å². The first-order valence-corrected chi connectivity index (χ1v) is 5.64. The smallest absolute Gasteiger partial charge is 0.0898 e. The molecule has 1 fully saturated rings. The third kappa shape index (κ3) is 2.33. The van der Waals surface area contributed by atoms with Crippen LogP contribution >= 0.6 is 11.6 Å². The van der Waals surface area contributed by atoms with Gasteiger partial charge >= 0.3 is 0 Å². The molecule has 82 valence electrons. The topological polar surface area (TPSA) is 40.5 Å². The molecule has 1 aliphatic carbocycles. The van der Waals surface area contributed by atoms with Crippen LogP contribution in [0.4, 0.5) is 0 Å². The van der Waals surface area contributed by atoms with Gasteiger partial charge in [0.2, 0.25) is 0 Å². The maximum Gasteiger partial charge on any atom is 0.0898 e. The Kier molecular flexibility index (Phi) is 3.01. The molecule has 2 N–H and O–H groups in total. The van der Waals surface area contributed by atoms with E-state index in [1.807, 2.05) is 12.1 Å². The van der Waals surface area contributed by atoms with Crippen molar-refractivity contribution in [3.05, 3.63) is 34.9 Å². The van der Waals surface area contributed by atoms with E-state index in [1.165, 1.54) is 0 Å². The highest BCUT2D eigenvalue weighted by molar-refractivity contribution is 6.30. The lowest BCUT2D eigenvalue weighted by atomic mass is 9.79. The first kappa shape index (κ1) is 10.9. The van der Waals surface area contributed by atoms with Crippen molar-refractivity contribution in [2.45, 2.75) is 37.4 Å². The molecule has 0 aromatic heterocycles. The van der Waals surface area contributed by atoms with E-state index in [0.29, 0.717) is 30.7 Å². The zero-order chi connectivity index (χ0) is 10.9. The number of hydrogen-bond donors (Lipinski definition) is 2. The number of hydrogen-bond acceptors (Lipinski definition) is 2. The van der Waals surface area contributed by atoms with Crippen molar-refractivity contribution in [2.24, 2.45) is 0 Å². The normalized spacial score (nSPS) is 31.5. The molecular formula is C12H15ClO2. The van der Waals surface area contributed by atoms with Crippen molar-refractivity contribution in [2.75, 3.05) is 0 Å². The first-order chi connectivity index (χ1) is 7.10. The molecule has 1 saturated carbocycles. The Morgan fingerprint density at radius 2 is 1.67 bits per heavy atom. The number of halogens is 1. The molecule has 0 atom stereocenters. The molecule has 3 heteroatoms. The van der Waals surface area contributed by atoms with Crippen LogP contribution in [0.2, 0.25) is 5.02 Å². The van der Waals surface area contributed by atoms with E-state index in [4.69, 9.17) is 11.6 Å². The van der Waals surface area contributed by atoms with Gasteiger partial charge in [-0.2, -0.15) is 0 Å². The molecule has 0 heterocycles. The summed E-state index contributed by atoms with van der Waals surface area (Å²) in [6.45, 7) is 0. The fourth-order valence-electron chi connectivity index (χ4n) is 2.13. The molecule has 15 heavy (non-hydrogen) atoms. The third-order valence-corrected chi connectivity index (χ3v) is 3.42. The van der Waals surface area contributed by atoms with Gasteiger partial charge < -0.3 is 10.2 Å². The predicted molar refractivity (Wildman–Crippen MR) is 59.8 cm³/mol. The SMILES string of the molecule is OC1CCC(O)(c2ccc(Cl)cc2)CC1. The standard InChI is InChI=1S/C12H15ClO2/c13-10-3-1-9(2-4-10)12(15)7-5-11(14)6-8-12/h1-4,11,14-15H,5-8H2. The molecular weight excluding hydrogens is 212 g/mol. The monoisotopic (exact) mass is 226 g/mol. The van der Waals surface area contributed by atoms with E-state index in [-0.39, 0.29) is 6.10 Å². The molecule has 2 nitrogen and oxygen atoms in total. The van der Waals surface area contributed by atoms with Crippen molar-refractivity contribution in [1.29, 1.82) is 0 Å². The van der Waals surface area contributed by atoms with E-state index >= 15 is 0 Å². The van der Waals surface area contributed by atoms with Crippen LogP contribution in [-0.4, -0.2) is 16.3 Å². The summed E-state index contributed by atoms with van der Waals surface area (Å²) in [6.07, 6.45) is 2.32. The predicted octanol–water partition coefficient (Wildman–Crippen LogP) is 2.46. The van der Waals surface area contributed by atoms with Crippen LogP contribution in [0.25, 0.3) is 0 Å². The Balaban J connectivity index is 2.18. The summed E-state index contributed by atoms with van der Waals surface area (Å²) in [5, 5.41) is 20.5. The minimum absolute atomic E-state index is 0.252. The number of aliphatic hydroxyl groups excluding tert-OH is 1. The van der Waals surface area contributed by atoms with Gasteiger partial charge in [-0.05, 0) is 43.4 Å². The Labute approximate surface area is 94.5 Å². The lowest BCUT2D eigenvalue weighted by Gasteiger charge is -2.34. The lowest BCUT2D eigenvalue weighted by molar-refractivity contribution is -0.0361. The fraction of sp³-hybridized carbons (Fsp3) is 0.500. The summed E-state index contributed by atoms with van der Waals surface area (Å²) in [5.41, 5.74) is 0.128. The second kappa shape index (κ2) is 4.12. The van der Waals surface area contributed by atoms with E-state index in [1.54, 1.807) is 12.1 Å². The van der Waals surface area contributed by atoms with Gasteiger partial charge in [-0.25, -0.2) is 0 Å². The van der Waals surface area contributed by atoms with E-state index in [2.05, 4.69) is 0 Å². The highest BCUT2D eigenvalue weighted by atomic mass is 35.5. The van der Waals surface area contributed by atoms with Crippen molar-refractivity contribution >= 4 is 11.6 Å². The van der Waals surface area contributed by atoms with Crippen LogP contribution in [0.1, 0.15) is 31.2 Å². The van der Waals surface area contributed by atoms with Crippen LogP contribution in [-0.2, 0) is 5.60 Å². The quantitative estimate of drug-likeness (QED) is 0.773.